The molecule has 0 radical (unpaired) electrons. The summed E-state index contributed by atoms with van der Waals surface area (Å²) in [4.78, 5) is 13.4. The van der Waals surface area contributed by atoms with Crippen molar-refractivity contribution in [2.75, 3.05) is 17.3 Å². The second kappa shape index (κ2) is 6.77. The molecule has 6 heteroatoms. The molecule has 2 aromatic rings. The zero-order chi connectivity index (χ0) is 19.3. The maximum atomic E-state index is 11.7. The van der Waals surface area contributed by atoms with Crippen LogP contribution in [0.25, 0.3) is 0 Å². The number of aromatic hydroxyl groups is 1. The number of hydrogen-bond acceptors (Lipinski definition) is 3. The Morgan fingerprint density at radius 1 is 1.22 bits per heavy atom. The number of benzene rings is 2. The van der Waals surface area contributed by atoms with Gasteiger partial charge in [-0.25, -0.2) is 0 Å². The second-order valence-electron chi connectivity index (χ2n) is 7.15. The number of carbonyl (C=O) groups excluding carboxylic acids is 1. The van der Waals surface area contributed by atoms with Crippen molar-refractivity contribution >= 4 is 40.5 Å². The van der Waals surface area contributed by atoms with Gasteiger partial charge in [0.25, 0.3) is 0 Å². The highest BCUT2D eigenvalue weighted by Crippen LogP contribution is 2.52. The largest absolute Gasteiger partial charge is 0.506 e. The summed E-state index contributed by atoms with van der Waals surface area (Å²) >= 11 is 12.3. The van der Waals surface area contributed by atoms with E-state index in [2.05, 4.69) is 23.5 Å². The van der Waals surface area contributed by atoms with Gasteiger partial charge in [-0.15, -0.1) is 0 Å². The maximum Gasteiger partial charge on any atom is 0.223 e. The summed E-state index contributed by atoms with van der Waals surface area (Å²) in [6, 6.07) is 9.20. The first-order valence-electron chi connectivity index (χ1n) is 8.86. The minimum absolute atomic E-state index is 0.00593. The van der Waals surface area contributed by atoms with Gasteiger partial charge in [-0.3, -0.25) is 4.79 Å². The van der Waals surface area contributed by atoms with Crippen molar-refractivity contribution in [1.29, 1.82) is 0 Å². The van der Waals surface area contributed by atoms with Crippen molar-refractivity contribution < 1.29 is 9.90 Å². The SMILES string of the molecule is CC(=O)N(C)c1ccc2c(c1)C1C=CCC1C(c1cc(Cl)cc(Cl)c1O)N2. The molecule has 3 atom stereocenters. The van der Waals surface area contributed by atoms with Crippen LogP contribution in [0.4, 0.5) is 11.4 Å². The van der Waals surface area contributed by atoms with E-state index in [-0.39, 0.29) is 34.6 Å². The molecule has 0 saturated heterocycles. The van der Waals surface area contributed by atoms with Crippen LogP contribution in [-0.2, 0) is 4.79 Å². The Hall–Kier alpha value is -2.17. The number of phenolic OH excluding ortho intramolecular Hbond substituents is 1. The summed E-state index contributed by atoms with van der Waals surface area (Å²) in [7, 11) is 1.77. The average molecular weight is 403 g/mol. The van der Waals surface area contributed by atoms with E-state index < -0.39 is 0 Å². The number of nitrogens with zero attached hydrogens (tertiary/aromatic N) is 1. The summed E-state index contributed by atoms with van der Waals surface area (Å²) in [5, 5.41) is 14.8. The van der Waals surface area contributed by atoms with Gasteiger partial charge in [-0.05, 0) is 48.2 Å². The molecule has 3 unspecified atom stereocenters. The fourth-order valence-electron chi connectivity index (χ4n) is 4.10. The van der Waals surface area contributed by atoms with Crippen molar-refractivity contribution in [3.05, 3.63) is 63.7 Å². The van der Waals surface area contributed by atoms with Gasteiger partial charge in [0.2, 0.25) is 5.91 Å². The predicted octanol–water partition coefficient (Wildman–Crippen LogP) is 5.51. The van der Waals surface area contributed by atoms with Crippen LogP contribution in [0.1, 0.15) is 36.4 Å². The van der Waals surface area contributed by atoms with E-state index in [9.17, 15) is 9.90 Å². The van der Waals surface area contributed by atoms with Crippen molar-refractivity contribution in [1.82, 2.24) is 0 Å². The van der Waals surface area contributed by atoms with Crippen LogP contribution in [0.5, 0.6) is 5.75 Å². The number of rotatable bonds is 2. The molecule has 1 aliphatic heterocycles. The quantitative estimate of drug-likeness (QED) is 0.651. The van der Waals surface area contributed by atoms with Crippen molar-refractivity contribution in [2.45, 2.75) is 25.3 Å². The van der Waals surface area contributed by atoms with E-state index >= 15 is 0 Å². The predicted molar refractivity (Wildman–Crippen MR) is 110 cm³/mol. The molecule has 2 aliphatic rings. The Morgan fingerprint density at radius 3 is 2.74 bits per heavy atom. The standard InChI is InChI=1S/C21H20Cl2N2O2/c1-11(26)25(2)13-6-7-19-16(10-13)14-4-3-5-15(14)20(24-19)17-8-12(22)9-18(23)21(17)27/h3-4,6-10,14-15,20,24,27H,5H2,1-2H3. The average Bonchev–Trinajstić information content (AvgIpc) is 3.13. The molecule has 1 amide bonds. The fraction of sp³-hybridized carbons (Fsp3) is 0.286. The normalized spacial score (nSPS) is 22.7. The third-order valence-corrected chi connectivity index (χ3v) is 6.11. The monoisotopic (exact) mass is 402 g/mol. The van der Waals surface area contributed by atoms with Crippen LogP contribution in [0.2, 0.25) is 10.0 Å². The highest BCUT2D eigenvalue weighted by molar-refractivity contribution is 6.35. The lowest BCUT2D eigenvalue weighted by Gasteiger charge is -2.38. The summed E-state index contributed by atoms with van der Waals surface area (Å²) in [6.07, 6.45) is 5.26. The molecular formula is C21H20Cl2N2O2. The summed E-state index contributed by atoms with van der Waals surface area (Å²) in [5.74, 6) is 0.494. The van der Waals surface area contributed by atoms with Crippen molar-refractivity contribution in [3.8, 4) is 5.75 Å². The van der Waals surface area contributed by atoms with E-state index in [4.69, 9.17) is 23.2 Å². The van der Waals surface area contributed by atoms with Gasteiger partial charge < -0.3 is 15.3 Å². The highest BCUT2D eigenvalue weighted by Gasteiger charge is 2.39. The number of carbonyl (C=O) groups is 1. The Labute approximate surface area is 168 Å². The van der Waals surface area contributed by atoms with Gasteiger partial charge in [-0.1, -0.05) is 35.4 Å². The minimum atomic E-state index is -0.106. The van der Waals surface area contributed by atoms with Crippen LogP contribution < -0.4 is 10.2 Å². The van der Waals surface area contributed by atoms with E-state index in [1.807, 2.05) is 12.1 Å². The third kappa shape index (κ3) is 3.07. The molecule has 4 rings (SSSR count). The van der Waals surface area contributed by atoms with E-state index in [0.29, 0.717) is 10.6 Å². The Bertz CT molecular complexity index is 957. The Balaban J connectivity index is 1.78. The lowest BCUT2D eigenvalue weighted by Crippen LogP contribution is -2.30. The summed E-state index contributed by atoms with van der Waals surface area (Å²) in [6.45, 7) is 1.55. The second-order valence-corrected chi connectivity index (χ2v) is 7.99. The number of halogens is 2. The summed E-state index contributed by atoms with van der Waals surface area (Å²) < 4.78 is 0. The van der Waals surface area contributed by atoms with Crippen LogP contribution in [0.15, 0.2) is 42.5 Å². The number of fused-ring (bicyclic) bond motifs is 3. The smallest absolute Gasteiger partial charge is 0.223 e. The number of allylic oxidation sites excluding steroid dienone is 2. The lowest BCUT2D eigenvalue weighted by atomic mass is 9.76. The molecule has 2 N–H and O–H groups in total. The van der Waals surface area contributed by atoms with Crippen molar-refractivity contribution in [2.24, 2.45) is 5.92 Å². The van der Waals surface area contributed by atoms with Gasteiger partial charge in [0.1, 0.15) is 5.75 Å². The number of hydrogen-bond donors (Lipinski definition) is 2. The van der Waals surface area contributed by atoms with Crippen LogP contribution in [0.3, 0.4) is 0 Å². The minimum Gasteiger partial charge on any atom is -0.506 e. The number of anilines is 2. The van der Waals surface area contributed by atoms with Crippen LogP contribution >= 0.6 is 23.2 Å². The van der Waals surface area contributed by atoms with E-state index in [0.717, 1.165) is 23.4 Å². The highest BCUT2D eigenvalue weighted by atomic mass is 35.5. The van der Waals surface area contributed by atoms with Crippen molar-refractivity contribution in [3.63, 3.8) is 0 Å². The number of nitrogens with one attached hydrogen (secondary N) is 1. The third-order valence-electron chi connectivity index (χ3n) is 5.60. The van der Waals surface area contributed by atoms with E-state index in [1.165, 1.54) is 0 Å². The first-order chi connectivity index (χ1) is 12.9. The van der Waals surface area contributed by atoms with Gasteiger partial charge >= 0.3 is 0 Å². The van der Waals surface area contributed by atoms with Gasteiger partial charge in [0.15, 0.2) is 0 Å². The van der Waals surface area contributed by atoms with Gasteiger partial charge in [-0.2, -0.15) is 0 Å². The Kier molecular flexibility index (Phi) is 4.57. The maximum absolute atomic E-state index is 11.7. The molecular weight excluding hydrogens is 383 g/mol. The topological polar surface area (TPSA) is 52.6 Å². The molecule has 1 heterocycles. The van der Waals surface area contributed by atoms with Gasteiger partial charge in [0, 0.05) is 41.9 Å². The number of amides is 1. The van der Waals surface area contributed by atoms with Crippen LogP contribution in [0, 0.1) is 5.92 Å². The molecule has 27 heavy (non-hydrogen) atoms. The Morgan fingerprint density at radius 2 is 2.00 bits per heavy atom. The van der Waals surface area contributed by atoms with Crippen LogP contribution in [-0.4, -0.2) is 18.1 Å². The molecule has 0 aromatic heterocycles. The zero-order valence-electron chi connectivity index (χ0n) is 15.0. The summed E-state index contributed by atoms with van der Waals surface area (Å²) in [5.41, 5.74) is 3.73. The molecule has 0 spiro atoms. The fourth-order valence-corrected chi connectivity index (χ4v) is 4.61. The first-order valence-corrected chi connectivity index (χ1v) is 9.61. The molecule has 4 nitrogen and oxygen atoms in total. The lowest BCUT2D eigenvalue weighted by molar-refractivity contribution is -0.116. The molecule has 0 bridgehead atoms. The first kappa shape index (κ1) is 18.2. The zero-order valence-corrected chi connectivity index (χ0v) is 16.6. The number of phenols is 1. The molecule has 140 valence electrons. The van der Waals surface area contributed by atoms with Gasteiger partial charge in [0.05, 0.1) is 11.1 Å². The molecule has 1 aliphatic carbocycles. The molecule has 0 saturated carbocycles. The molecule has 2 aromatic carbocycles. The molecule has 0 fully saturated rings. The van der Waals surface area contributed by atoms with E-state index in [1.54, 1.807) is 31.0 Å².